The minimum Gasteiger partial charge on any atom is -0.380 e. The van der Waals surface area contributed by atoms with E-state index in [0.717, 1.165) is 16.8 Å². The first kappa shape index (κ1) is 16.8. The molecule has 2 amide bonds. The normalized spacial score (nSPS) is 12.9. The number of nitrogens with zero attached hydrogens (tertiary/aromatic N) is 1. The molecule has 0 radical (unpaired) electrons. The van der Waals surface area contributed by atoms with Crippen LogP contribution in [-0.4, -0.2) is 16.8 Å². The molecule has 0 fully saturated rings. The monoisotopic (exact) mass is 357 g/mol. The Morgan fingerprint density at radius 1 is 0.926 bits per heavy atom. The molecule has 3 aromatic rings. The van der Waals surface area contributed by atoms with Crippen LogP contribution in [0.15, 0.2) is 78.9 Å². The van der Waals surface area contributed by atoms with Gasteiger partial charge in [-0.15, -0.1) is 0 Å². The summed E-state index contributed by atoms with van der Waals surface area (Å²) in [5, 5.41) is 4.69. The lowest BCUT2D eigenvalue weighted by Gasteiger charge is -2.29. The molecule has 0 aliphatic carbocycles. The van der Waals surface area contributed by atoms with Gasteiger partial charge in [0.05, 0.1) is 12.1 Å². The Kier molecular flexibility index (Phi) is 4.58. The van der Waals surface area contributed by atoms with E-state index in [0.29, 0.717) is 24.2 Å². The average Bonchev–Trinajstić information content (AvgIpc) is 2.73. The Bertz CT molecular complexity index is 986. The molecule has 0 saturated heterocycles. The van der Waals surface area contributed by atoms with Gasteiger partial charge in [0.15, 0.2) is 0 Å². The molecule has 3 aromatic carbocycles. The van der Waals surface area contributed by atoms with Gasteiger partial charge in [-0.2, -0.15) is 0 Å². The van der Waals surface area contributed by atoms with Gasteiger partial charge in [-0.3, -0.25) is 15.0 Å². The molecule has 5 heteroatoms. The SMILES string of the molecule is O=C1NN(C(=O)c2ccccc2NCc2ccccc2)Cc2ccccc21. The van der Waals surface area contributed by atoms with Crippen LogP contribution >= 0.6 is 0 Å². The summed E-state index contributed by atoms with van der Waals surface area (Å²) in [6, 6.07) is 24.6. The maximum atomic E-state index is 13.1. The molecule has 1 aliphatic rings. The first-order valence-electron chi connectivity index (χ1n) is 8.80. The third-order valence-electron chi connectivity index (χ3n) is 4.56. The Labute approximate surface area is 157 Å². The average molecular weight is 357 g/mol. The predicted octanol–water partition coefficient (Wildman–Crippen LogP) is 3.60. The molecule has 134 valence electrons. The first-order valence-corrected chi connectivity index (χ1v) is 8.80. The highest BCUT2D eigenvalue weighted by atomic mass is 16.2. The summed E-state index contributed by atoms with van der Waals surface area (Å²) in [5.41, 5.74) is 6.52. The van der Waals surface area contributed by atoms with Gasteiger partial charge in [0.2, 0.25) is 0 Å². The van der Waals surface area contributed by atoms with Crippen molar-refractivity contribution in [2.75, 3.05) is 5.32 Å². The summed E-state index contributed by atoms with van der Waals surface area (Å²) >= 11 is 0. The van der Waals surface area contributed by atoms with Gasteiger partial charge in [-0.25, -0.2) is 5.01 Å². The van der Waals surface area contributed by atoms with Crippen molar-refractivity contribution in [1.29, 1.82) is 0 Å². The number of para-hydroxylation sites is 1. The molecular weight excluding hydrogens is 338 g/mol. The number of fused-ring (bicyclic) bond motifs is 1. The third-order valence-corrected chi connectivity index (χ3v) is 4.56. The topological polar surface area (TPSA) is 61.4 Å². The van der Waals surface area contributed by atoms with Crippen molar-refractivity contribution in [3.8, 4) is 0 Å². The molecule has 0 spiro atoms. The van der Waals surface area contributed by atoms with Crippen molar-refractivity contribution in [2.45, 2.75) is 13.1 Å². The Morgan fingerprint density at radius 2 is 1.63 bits per heavy atom. The summed E-state index contributed by atoms with van der Waals surface area (Å²) in [7, 11) is 0. The summed E-state index contributed by atoms with van der Waals surface area (Å²) < 4.78 is 0. The minimum absolute atomic E-state index is 0.242. The Morgan fingerprint density at radius 3 is 2.48 bits per heavy atom. The zero-order valence-corrected chi connectivity index (χ0v) is 14.7. The number of hydrogen-bond acceptors (Lipinski definition) is 3. The van der Waals surface area contributed by atoms with Crippen LogP contribution < -0.4 is 10.7 Å². The van der Waals surface area contributed by atoms with Gasteiger partial charge < -0.3 is 5.32 Å². The van der Waals surface area contributed by atoms with Crippen LogP contribution in [0.3, 0.4) is 0 Å². The number of hydrogen-bond donors (Lipinski definition) is 2. The lowest BCUT2D eigenvalue weighted by molar-refractivity contribution is 0.0540. The number of anilines is 1. The van der Waals surface area contributed by atoms with Gasteiger partial charge in [-0.05, 0) is 29.3 Å². The molecule has 0 bridgehead atoms. The summed E-state index contributed by atoms with van der Waals surface area (Å²) in [4.78, 5) is 25.4. The number of hydrazine groups is 1. The molecule has 5 nitrogen and oxygen atoms in total. The molecule has 2 N–H and O–H groups in total. The number of rotatable bonds is 4. The second-order valence-corrected chi connectivity index (χ2v) is 6.37. The highest BCUT2D eigenvalue weighted by molar-refractivity contribution is 6.03. The number of benzene rings is 3. The number of nitrogens with one attached hydrogen (secondary N) is 2. The molecule has 27 heavy (non-hydrogen) atoms. The molecule has 0 aromatic heterocycles. The smallest absolute Gasteiger partial charge is 0.274 e. The van der Waals surface area contributed by atoms with E-state index in [-0.39, 0.29) is 11.8 Å². The van der Waals surface area contributed by atoms with Crippen molar-refractivity contribution >= 4 is 17.5 Å². The summed E-state index contributed by atoms with van der Waals surface area (Å²) in [6.45, 7) is 0.952. The van der Waals surface area contributed by atoms with Crippen molar-refractivity contribution in [3.05, 3.63) is 101 Å². The van der Waals surface area contributed by atoms with E-state index in [4.69, 9.17) is 0 Å². The van der Waals surface area contributed by atoms with Gasteiger partial charge in [0, 0.05) is 17.8 Å². The second kappa shape index (κ2) is 7.33. The maximum absolute atomic E-state index is 13.1. The van der Waals surface area contributed by atoms with E-state index in [1.54, 1.807) is 12.1 Å². The minimum atomic E-state index is -0.264. The van der Waals surface area contributed by atoms with E-state index in [9.17, 15) is 9.59 Å². The largest absolute Gasteiger partial charge is 0.380 e. The second-order valence-electron chi connectivity index (χ2n) is 6.37. The fourth-order valence-electron chi connectivity index (χ4n) is 3.16. The van der Waals surface area contributed by atoms with Crippen LogP contribution in [0.25, 0.3) is 0 Å². The van der Waals surface area contributed by atoms with E-state index in [1.807, 2.05) is 66.7 Å². The Balaban J connectivity index is 1.55. The van der Waals surface area contributed by atoms with E-state index in [2.05, 4.69) is 10.7 Å². The van der Waals surface area contributed by atoms with Gasteiger partial charge in [0.25, 0.3) is 11.8 Å². The maximum Gasteiger partial charge on any atom is 0.274 e. The highest BCUT2D eigenvalue weighted by Gasteiger charge is 2.27. The Hall–Kier alpha value is -3.60. The fourth-order valence-corrected chi connectivity index (χ4v) is 3.16. The molecule has 4 rings (SSSR count). The van der Waals surface area contributed by atoms with Crippen LogP contribution in [0.4, 0.5) is 5.69 Å². The van der Waals surface area contributed by atoms with Crippen molar-refractivity contribution in [3.63, 3.8) is 0 Å². The molecule has 0 atom stereocenters. The third kappa shape index (κ3) is 3.53. The lowest BCUT2D eigenvalue weighted by Crippen LogP contribution is -2.49. The van der Waals surface area contributed by atoms with Gasteiger partial charge in [-0.1, -0.05) is 60.7 Å². The standard InChI is InChI=1S/C22H19N3O2/c26-21-18-11-5-4-10-17(18)15-25(24-21)22(27)19-12-6-7-13-20(19)23-14-16-8-2-1-3-9-16/h1-13,23H,14-15H2,(H,24,26). The zero-order valence-electron chi connectivity index (χ0n) is 14.7. The quantitative estimate of drug-likeness (QED) is 0.750. The molecule has 0 unspecified atom stereocenters. The lowest BCUT2D eigenvalue weighted by atomic mass is 10.0. The molecule has 1 heterocycles. The van der Waals surface area contributed by atoms with Crippen molar-refractivity contribution < 1.29 is 9.59 Å². The number of amides is 2. The summed E-state index contributed by atoms with van der Waals surface area (Å²) in [5.74, 6) is -0.506. The first-order chi connectivity index (χ1) is 13.2. The van der Waals surface area contributed by atoms with Crippen LogP contribution in [0.5, 0.6) is 0 Å². The highest BCUT2D eigenvalue weighted by Crippen LogP contribution is 2.22. The van der Waals surface area contributed by atoms with E-state index < -0.39 is 0 Å². The van der Waals surface area contributed by atoms with Crippen LogP contribution in [0.1, 0.15) is 31.8 Å². The van der Waals surface area contributed by atoms with E-state index in [1.165, 1.54) is 5.01 Å². The number of carbonyl (C=O) groups excluding carboxylic acids is 2. The molecule has 0 saturated carbocycles. The molecular formula is C22H19N3O2. The fraction of sp³-hybridized carbons (Fsp3) is 0.0909. The predicted molar refractivity (Wildman–Crippen MR) is 104 cm³/mol. The zero-order chi connectivity index (χ0) is 18.6. The van der Waals surface area contributed by atoms with Crippen LogP contribution in [0, 0.1) is 0 Å². The number of carbonyl (C=O) groups is 2. The summed E-state index contributed by atoms with van der Waals surface area (Å²) in [6.07, 6.45) is 0. The van der Waals surface area contributed by atoms with E-state index >= 15 is 0 Å². The van der Waals surface area contributed by atoms with Gasteiger partial charge in [0.1, 0.15) is 0 Å². The van der Waals surface area contributed by atoms with Crippen LogP contribution in [0.2, 0.25) is 0 Å². The van der Waals surface area contributed by atoms with Gasteiger partial charge >= 0.3 is 0 Å². The van der Waals surface area contributed by atoms with Crippen molar-refractivity contribution in [2.24, 2.45) is 0 Å². The van der Waals surface area contributed by atoms with Crippen molar-refractivity contribution in [1.82, 2.24) is 10.4 Å². The molecule has 1 aliphatic heterocycles. The van der Waals surface area contributed by atoms with Crippen LogP contribution in [-0.2, 0) is 13.1 Å².